The van der Waals surface area contributed by atoms with E-state index in [1.54, 1.807) is 18.2 Å². The predicted octanol–water partition coefficient (Wildman–Crippen LogP) is 4.32. The second kappa shape index (κ2) is 11.2. The largest absolute Gasteiger partial charge is 0.512 e. The van der Waals surface area contributed by atoms with Gasteiger partial charge in [-0.05, 0) is 43.5 Å². The van der Waals surface area contributed by atoms with E-state index in [1.807, 2.05) is 6.92 Å². The van der Waals surface area contributed by atoms with Crippen LogP contribution in [-0.2, 0) is 9.59 Å². The lowest BCUT2D eigenvalue weighted by molar-refractivity contribution is -0.140. The van der Waals surface area contributed by atoms with E-state index in [4.69, 9.17) is 16.3 Å². The lowest BCUT2D eigenvalue weighted by atomic mass is 10.1. The Morgan fingerprint density at radius 2 is 2.00 bits per heavy atom. The molecule has 29 heavy (non-hydrogen) atoms. The number of carbonyl (C=O) groups excluding carboxylic acids is 2. The molecule has 1 aromatic rings. The number of ether oxygens (including phenoxy) is 1. The van der Waals surface area contributed by atoms with Crippen LogP contribution in [0.4, 0.5) is 0 Å². The number of unbranched alkanes of at least 4 members (excludes halogenated alkanes) is 3. The summed E-state index contributed by atoms with van der Waals surface area (Å²) in [5.41, 5.74) is 0.837. The molecule has 1 saturated heterocycles. The topological polar surface area (TPSA) is 87.1 Å². The fourth-order valence-corrected chi connectivity index (χ4v) is 3.56. The number of nitrogens with zero attached hydrogens (tertiary/aromatic N) is 1. The van der Waals surface area contributed by atoms with Crippen molar-refractivity contribution >= 4 is 23.4 Å². The maximum Gasteiger partial charge on any atom is 0.262 e. The molecule has 1 fully saturated rings. The van der Waals surface area contributed by atoms with Crippen molar-refractivity contribution in [3.05, 3.63) is 40.1 Å². The van der Waals surface area contributed by atoms with Crippen molar-refractivity contribution < 1.29 is 24.5 Å². The van der Waals surface area contributed by atoms with Crippen LogP contribution < -0.4 is 4.74 Å². The molecule has 1 aliphatic rings. The molecule has 0 bridgehead atoms. The van der Waals surface area contributed by atoms with Gasteiger partial charge in [-0.2, -0.15) is 0 Å². The monoisotopic (exact) mass is 423 g/mol. The maximum absolute atomic E-state index is 12.5. The first-order chi connectivity index (χ1) is 13.8. The van der Waals surface area contributed by atoms with Gasteiger partial charge in [-0.15, -0.1) is 0 Å². The summed E-state index contributed by atoms with van der Waals surface area (Å²) in [7, 11) is 0. The van der Waals surface area contributed by atoms with E-state index >= 15 is 0 Å². The van der Waals surface area contributed by atoms with Gasteiger partial charge in [0.1, 0.15) is 17.6 Å². The van der Waals surface area contributed by atoms with Crippen LogP contribution in [0.5, 0.6) is 5.75 Å². The van der Waals surface area contributed by atoms with Crippen molar-refractivity contribution in [2.45, 2.75) is 64.9 Å². The Kier molecular flexibility index (Phi) is 8.99. The minimum absolute atomic E-state index is 0.0745. The zero-order chi connectivity index (χ0) is 21.4. The molecule has 0 spiro atoms. The highest BCUT2D eigenvalue weighted by atomic mass is 35.5. The van der Waals surface area contributed by atoms with Crippen LogP contribution in [0.2, 0.25) is 5.02 Å². The maximum atomic E-state index is 12.5. The van der Waals surface area contributed by atoms with Gasteiger partial charge in [0.2, 0.25) is 5.91 Å². The van der Waals surface area contributed by atoms with Crippen LogP contribution in [0.25, 0.3) is 0 Å². The number of hydrogen-bond donors (Lipinski definition) is 2. The third kappa shape index (κ3) is 6.47. The first kappa shape index (κ1) is 23.2. The van der Waals surface area contributed by atoms with Gasteiger partial charge < -0.3 is 14.9 Å². The van der Waals surface area contributed by atoms with Crippen LogP contribution in [0, 0.1) is 6.92 Å². The predicted molar refractivity (Wildman–Crippen MR) is 112 cm³/mol. The molecule has 6 nitrogen and oxygen atoms in total. The van der Waals surface area contributed by atoms with Crippen LogP contribution in [0.15, 0.2) is 29.5 Å². The van der Waals surface area contributed by atoms with Gasteiger partial charge >= 0.3 is 0 Å². The van der Waals surface area contributed by atoms with E-state index in [1.165, 1.54) is 0 Å². The Labute approximate surface area is 177 Å². The molecule has 1 aromatic carbocycles. The second-order valence-corrected chi connectivity index (χ2v) is 7.79. The SMILES string of the molecule is CCCCCCC(=O)N1CC(O)/C(=C(/O)CCCOc2ccc(Cl)cc2C)C1=O. The first-order valence-electron chi connectivity index (χ1n) is 10.2. The lowest BCUT2D eigenvalue weighted by Gasteiger charge is -2.13. The van der Waals surface area contributed by atoms with Crippen molar-refractivity contribution in [1.82, 2.24) is 4.90 Å². The van der Waals surface area contributed by atoms with Crippen LogP contribution in [0.3, 0.4) is 0 Å². The summed E-state index contributed by atoms with van der Waals surface area (Å²) >= 11 is 5.92. The highest BCUT2D eigenvalue weighted by Gasteiger charge is 2.39. The summed E-state index contributed by atoms with van der Waals surface area (Å²) in [6.45, 7) is 4.22. The molecule has 2 rings (SSSR count). The number of benzene rings is 1. The standard InChI is InChI=1S/C22H30ClNO5/c1-3-4-5-6-9-20(27)24-14-18(26)21(22(24)28)17(25)8-7-12-29-19-11-10-16(23)13-15(19)2/h10-11,13,18,25-26H,3-9,12,14H2,1-2H3/b21-17-. The zero-order valence-electron chi connectivity index (χ0n) is 17.1. The van der Waals surface area contributed by atoms with Crippen molar-refractivity contribution in [3.63, 3.8) is 0 Å². The second-order valence-electron chi connectivity index (χ2n) is 7.36. The molecule has 0 saturated carbocycles. The van der Waals surface area contributed by atoms with Gasteiger partial charge in [0.05, 0.1) is 18.7 Å². The Morgan fingerprint density at radius 3 is 2.69 bits per heavy atom. The number of β-amino-alcohol motifs (C(OH)–C–C–N with tert-alkyl or cyclic N) is 1. The normalized spacial score (nSPS) is 18.3. The number of aryl methyl sites for hydroxylation is 1. The van der Waals surface area contributed by atoms with Gasteiger partial charge in [-0.3, -0.25) is 14.5 Å². The molecule has 7 heteroatoms. The molecule has 1 heterocycles. The van der Waals surface area contributed by atoms with Gasteiger partial charge in [-0.1, -0.05) is 37.8 Å². The summed E-state index contributed by atoms with van der Waals surface area (Å²) in [5, 5.41) is 21.1. The summed E-state index contributed by atoms with van der Waals surface area (Å²) in [4.78, 5) is 25.8. The minimum Gasteiger partial charge on any atom is -0.512 e. The summed E-state index contributed by atoms with van der Waals surface area (Å²) in [6.07, 6.45) is 3.55. The number of allylic oxidation sites excluding steroid dienone is 1. The van der Waals surface area contributed by atoms with Gasteiger partial charge in [0.15, 0.2) is 0 Å². The van der Waals surface area contributed by atoms with E-state index in [9.17, 15) is 19.8 Å². The number of imide groups is 1. The average Bonchev–Trinajstić information content (AvgIpc) is 2.98. The quantitative estimate of drug-likeness (QED) is 0.332. The molecule has 1 unspecified atom stereocenters. The fraction of sp³-hybridized carbons (Fsp3) is 0.545. The molecule has 0 aromatic heterocycles. The number of carbonyl (C=O) groups is 2. The number of halogens is 1. The van der Waals surface area contributed by atoms with Gasteiger partial charge in [0, 0.05) is 17.9 Å². The molecule has 0 aliphatic carbocycles. The van der Waals surface area contributed by atoms with Crippen LogP contribution in [0.1, 0.15) is 57.4 Å². The smallest absolute Gasteiger partial charge is 0.262 e. The zero-order valence-corrected chi connectivity index (χ0v) is 17.9. The molecule has 160 valence electrons. The molecule has 0 radical (unpaired) electrons. The summed E-state index contributed by atoms with van der Waals surface area (Å²) in [5.74, 6) is -0.363. The first-order valence-corrected chi connectivity index (χ1v) is 10.6. The van der Waals surface area contributed by atoms with E-state index < -0.39 is 12.0 Å². The van der Waals surface area contributed by atoms with E-state index in [2.05, 4.69) is 6.92 Å². The van der Waals surface area contributed by atoms with E-state index in [-0.39, 0.29) is 36.6 Å². The van der Waals surface area contributed by atoms with Crippen molar-refractivity contribution in [2.75, 3.05) is 13.2 Å². The summed E-state index contributed by atoms with van der Waals surface area (Å²) in [6, 6.07) is 5.33. The molecular weight excluding hydrogens is 394 g/mol. The lowest BCUT2D eigenvalue weighted by Crippen LogP contribution is -2.32. The van der Waals surface area contributed by atoms with Crippen LogP contribution >= 0.6 is 11.6 Å². The molecule has 2 N–H and O–H groups in total. The number of likely N-dealkylation sites (tertiary alicyclic amines) is 1. The molecule has 2 amide bonds. The van der Waals surface area contributed by atoms with Crippen molar-refractivity contribution in [3.8, 4) is 5.75 Å². The Hall–Kier alpha value is -2.05. The van der Waals surface area contributed by atoms with Crippen molar-refractivity contribution in [2.24, 2.45) is 0 Å². The molecule has 1 atom stereocenters. The molecule has 1 aliphatic heterocycles. The highest BCUT2D eigenvalue weighted by Crippen LogP contribution is 2.25. The third-order valence-corrected chi connectivity index (χ3v) is 5.21. The fourth-order valence-electron chi connectivity index (χ4n) is 3.34. The third-order valence-electron chi connectivity index (χ3n) is 4.97. The molecular formula is C22H30ClNO5. The Bertz CT molecular complexity index is 762. The van der Waals surface area contributed by atoms with Crippen molar-refractivity contribution in [1.29, 1.82) is 0 Å². The van der Waals surface area contributed by atoms with Gasteiger partial charge in [-0.25, -0.2) is 0 Å². The summed E-state index contributed by atoms with van der Waals surface area (Å²) < 4.78 is 5.68. The minimum atomic E-state index is -1.15. The number of amides is 2. The number of rotatable bonds is 10. The Morgan fingerprint density at radius 1 is 1.24 bits per heavy atom. The highest BCUT2D eigenvalue weighted by molar-refractivity contribution is 6.30. The van der Waals surface area contributed by atoms with Crippen LogP contribution in [-0.4, -0.2) is 46.2 Å². The van der Waals surface area contributed by atoms with E-state index in [0.717, 1.165) is 36.1 Å². The van der Waals surface area contributed by atoms with Gasteiger partial charge in [0.25, 0.3) is 5.91 Å². The number of hydrogen-bond acceptors (Lipinski definition) is 5. The average molecular weight is 424 g/mol. The Balaban J connectivity index is 1.86. The number of aliphatic hydroxyl groups is 2. The van der Waals surface area contributed by atoms with E-state index in [0.29, 0.717) is 23.8 Å². The number of aliphatic hydroxyl groups excluding tert-OH is 2.